The molecular weight excluding hydrogens is 264 g/mol. The fourth-order valence-electron chi connectivity index (χ4n) is 2.00. The molecule has 5 nitrogen and oxygen atoms in total. The van der Waals surface area contributed by atoms with Gasteiger partial charge in [0.15, 0.2) is 0 Å². The van der Waals surface area contributed by atoms with Crippen LogP contribution in [0, 0.1) is 6.92 Å². The topological polar surface area (TPSA) is 59.1 Å². The maximum absolute atomic E-state index is 5.15. The largest absolute Gasteiger partial charge is 0.380 e. The van der Waals surface area contributed by atoms with Crippen molar-refractivity contribution in [2.45, 2.75) is 26.9 Å². The highest BCUT2D eigenvalue weighted by atomic mass is 16.5. The first-order valence-electron chi connectivity index (χ1n) is 7.15. The molecule has 0 bridgehead atoms. The van der Waals surface area contributed by atoms with Crippen molar-refractivity contribution in [2.75, 3.05) is 24.3 Å². The average molecular weight is 286 g/mol. The van der Waals surface area contributed by atoms with Gasteiger partial charge in [-0.1, -0.05) is 19.1 Å². The molecule has 0 saturated heterocycles. The van der Waals surface area contributed by atoms with Gasteiger partial charge >= 0.3 is 0 Å². The Balaban J connectivity index is 2.14. The van der Waals surface area contributed by atoms with Crippen molar-refractivity contribution < 1.29 is 4.74 Å². The number of rotatable bonds is 7. The van der Waals surface area contributed by atoms with Crippen molar-refractivity contribution >= 4 is 17.5 Å². The van der Waals surface area contributed by atoms with Crippen molar-refractivity contribution in [1.29, 1.82) is 0 Å². The van der Waals surface area contributed by atoms with Gasteiger partial charge in [0.2, 0.25) is 5.95 Å². The van der Waals surface area contributed by atoms with Crippen molar-refractivity contribution in [2.24, 2.45) is 0 Å². The van der Waals surface area contributed by atoms with Gasteiger partial charge in [-0.25, -0.2) is 4.98 Å². The fourth-order valence-corrected chi connectivity index (χ4v) is 2.00. The summed E-state index contributed by atoms with van der Waals surface area (Å²) in [7, 11) is 1.69. The van der Waals surface area contributed by atoms with Crippen LogP contribution in [0.15, 0.2) is 30.3 Å². The fraction of sp³-hybridized carbons (Fsp3) is 0.375. The second-order valence-corrected chi connectivity index (χ2v) is 4.90. The molecule has 1 heterocycles. The Bertz CT molecular complexity index is 586. The van der Waals surface area contributed by atoms with E-state index in [0.29, 0.717) is 12.6 Å². The maximum atomic E-state index is 5.15. The van der Waals surface area contributed by atoms with Crippen LogP contribution in [0.1, 0.15) is 24.6 Å². The molecule has 0 atom stereocenters. The van der Waals surface area contributed by atoms with Crippen molar-refractivity contribution in [1.82, 2.24) is 9.97 Å². The SMILES string of the molecule is CCCNc1nc(C)cc(Nc2cccc(COC)c2)n1. The van der Waals surface area contributed by atoms with Crippen LogP contribution in [0.2, 0.25) is 0 Å². The number of nitrogens with one attached hydrogen (secondary N) is 2. The highest BCUT2D eigenvalue weighted by molar-refractivity contribution is 5.58. The third kappa shape index (κ3) is 4.72. The van der Waals surface area contributed by atoms with Crippen LogP contribution in [0.4, 0.5) is 17.5 Å². The van der Waals surface area contributed by atoms with E-state index in [4.69, 9.17) is 4.74 Å². The van der Waals surface area contributed by atoms with Gasteiger partial charge in [0.1, 0.15) is 5.82 Å². The molecule has 2 aromatic rings. The number of nitrogens with zero attached hydrogens (tertiary/aromatic N) is 2. The van der Waals surface area contributed by atoms with Crippen molar-refractivity contribution in [3.05, 3.63) is 41.6 Å². The number of methoxy groups -OCH3 is 1. The lowest BCUT2D eigenvalue weighted by molar-refractivity contribution is 0.185. The monoisotopic (exact) mass is 286 g/mol. The Morgan fingerprint density at radius 1 is 1.19 bits per heavy atom. The summed E-state index contributed by atoms with van der Waals surface area (Å²) < 4.78 is 5.15. The molecule has 21 heavy (non-hydrogen) atoms. The van der Waals surface area contributed by atoms with E-state index in [1.807, 2.05) is 31.2 Å². The molecule has 0 fully saturated rings. The normalized spacial score (nSPS) is 10.4. The minimum absolute atomic E-state index is 0.599. The summed E-state index contributed by atoms with van der Waals surface area (Å²) in [5, 5.41) is 6.52. The second kappa shape index (κ2) is 7.59. The lowest BCUT2D eigenvalue weighted by Gasteiger charge is -2.10. The molecule has 2 rings (SSSR count). The zero-order valence-corrected chi connectivity index (χ0v) is 12.8. The predicted molar refractivity (Wildman–Crippen MR) is 86.0 cm³/mol. The van der Waals surface area contributed by atoms with Crippen LogP contribution in [0.3, 0.4) is 0 Å². The smallest absolute Gasteiger partial charge is 0.224 e. The summed E-state index contributed by atoms with van der Waals surface area (Å²) in [5.74, 6) is 1.45. The summed E-state index contributed by atoms with van der Waals surface area (Å²) in [6.07, 6.45) is 1.04. The number of aryl methyl sites for hydroxylation is 1. The molecule has 0 aliphatic rings. The van der Waals surface area contributed by atoms with E-state index in [2.05, 4.69) is 33.6 Å². The maximum Gasteiger partial charge on any atom is 0.224 e. The molecule has 0 aliphatic carbocycles. The van der Waals surface area contributed by atoms with Crippen LogP contribution in [-0.2, 0) is 11.3 Å². The molecule has 0 spiro atoms. The van der Waals surface area contributed by atoms with Gasteiger partial charge in [0.05, 0.1) is 6.61 Å². The van der Waals surface area contributed by atoms with Crippen molar-refractivity contribution in [3.63, 3.8) is 0 Å². The Morgan fingerprint density at radius 2 is 2.05 bits per heavy atom. The molecule has 1 aromatic carbocycles. The lowest BCUT2D eigenvalue weighted by Crippen LogP contribution is -2.06. The van der Waals surface area contributed by atoms with E-state index < -0.39 is 0 Å². The molecule has 1 aromatic heterocycles. The van der Waals surface area contributed by atoms with Gasteiger partial charge in [-0.05, 0) is 31.0 Å². The summed E-state index contributed by atoms with van der Waals surface area (Å²) in [5.41, 5.74) is 3.04. The average Bonchev–Trinajstić information content (AvgIpc) is 2.45. The van der Waals surface area contributed by atoms with E-state index in [1.165, 1.54) is 0 Å². The highest BCUT2D eigenvalue weighted by Gasteiger charge is 2.03. The van der Waals surface area contributed by atoms with E-state index in [-0.39, 0.29) is 0 Å². The lowest BCUT2D eigenvalue weighted by atomic mass is 10.2. The van der Waals surface area contributed by atoms with Gasteiger partial charge in [-0.3, -0.25) is 0 Å². The zero-order valence-electron chi connectivity index (χ0n) is 12.8. The number of hydrogen-bond acceptors (Lipinski definition) is 5. The van der Waals surface area contributed by atoms with E-state index in [1.54, 1.807) is 7.11 Å². The van der Waals surface area contributed by atoms with Gasteiger partial charge in [0, 0.05) is 31.1 Å². The summed E-state index contributed by atoms with van der Waals surface area (Å²) in [6.45, 7) is 5.54. The predicted octanol–water partition coefficient (Wildman–Crippen LogP) is 3.50. The standard InChI is InChI=1S/C16H22N4O/c1-4-8-17-16-18-12(2)9-15(20-16)19-14-7-5-6-13(10-14)11-21-3/h5-7,9-10H,4,8,11H2,1-3H3,(H2,17,18,19,20). The Kier molecular flexibility index (Phi) is 5.51. The summed E-state index contributed by atoms with van der Waals surface area (Å²) in [4.78, 5) is 8.86. The second-order valence-electron chi connectivity index (χ2n) is 4.90. The number of hydrogen-bond donors (Lipinski definition) is 2. The summed E-state index contributed by atoms with van der Waals surface area (Å²) in [6, 6.07) is 10.0. The molecule has 5 heteroatoms. The minimum Gasteiger partial charge on any atom is -0.380 e. The highest BCUT2D eigenvalue weighted by Crippen LogP contribution is 2.18. The first-order chi connectivity index (χ1) is 10.2. The van der Waals surface area contributed by atoms with Gasteiger partial charge < -0.3 is 15.4 Å². The number of anilines is 3. The van der Waals surface area contributed by atoms with E-state index >= 15 is 0 Å². The Hall–Kier alpha value is -2.14. The van der Waals surface area contributed by atoms with Crippen LogP contribution in [-0.4, -0.2) is 23.6 Å². The van der Waals surface area contributed by atoms with Crippen LogP contribution in [0.5, 0.6) is 0 Å². The van der Waals surface area contributed by atoms with Crippen LogP contribution in [0.25, 0.3) is 0 Å². The Morgan fingerprint density at radius 3 is 2.81 bits per heavy atom. The van der Waals surface area contributed by atoms with E-state index in [0.717, 1.165) is 35.7 Å². The van der Waals surface area contributed by atoms with Crippen molar-refractivity contribution in [3.8, 4) is 0 Å². The molecule has 0 unspecified atom stereocenters. The Labute approximate surface area is 125 Å². The molecule has 0 aliphatic heterocycles. The molecular formula is C16H22N4O. The van der Waals surface area contributed by atoms with Gasteiger partial charge in [-0.2, -0.15) is 4.98 Å². The molecule has 0 radical (unpaired) electrons. The quantitative estimate of drug-likeness (QED) is 0.816. The van der Waals surface area contributed by atoms with Crippen LogP contribution >= 0.6 is 0 Å². The van der Waals surface area contributed by atoms with E-state index in [9.17, 15) is 0 Å². The number of aromatic nitrogens is 2. The first kappa shape index (κ1) is 15.3. The number of ether oxygens (including phenoxy) is 1. The summed E-state index contributed by atoms with van der Waals surface area (Å²) >= 11 is 0. The van der Waals surface area contributed by atoms with Gasteiger partial charge in [0.25, 0.3) is 0 Å². The molecule has 112 valence electrons. The zero-order chi connectivity index (χ0) is 15.1. The molecule has 2 N–H and O–H groups in total. The third-order valence-electron chi connectivity index (χ3n) is 2.90. The molecule has 0 amide bonds. The third-order valence-corrected chi connectivity index (χ3v) is 2.90. The molecule has 0 saturated carbocycles. The van der Waals surface area contributed by atoms with Crippen LogP contribution < -0.4 is 10.6 Å². The first-order valence-corrected chi connectivity index (χ1v) is 7.15. The number of benzene rings is 1. The minimum atomic E-state index is 0.599. The van der Waals surface area contributed by atoms with Gasteiger partial charge in [-0.15, -0.1) is 0 Å².